The average Bonchev–Trinajstić information content (AvgIpc) is 3.07. The Morgan fingerprint density at radius 1 is 1.26 bits per heavy atom. The van der Waals surface area contributed by atoms with Gasteiger partial charge in [0.25, 0.3) is 0 Å². The lowest BCUT2D eigenvalue weighted by molar-refractivity contribution is -0.135. The molecular formula is C16H20O3. The molecule has 19 heavy (non-hydrogen) atoms. The number of ether oxygens (including phenoxy) is 1. The fourth-order valence-electron chi connectivity index (χ4n) is 2.61. The molecule has 3 heteroatoms. The summed E-state index contributed by atoms with van der Waals surface area (Å²) in [7, 11) is 0. The van der Waals surface area contributed by atoms with Crippen molar-refractivity contribution in [3.8, 4) is 0 Å². The lowest BCUT2D eigenvalue weighted by Crippen LogP contribution is -2.09. The normalized spacial score (nSPS) is 19.6. The summed E-state index contributed by atoms with van der Waals surface area (Å²) in [4.78, 5) is 22.9. The van der Waals surface area contributed by atoms with E-state index in [-0.39, 0.29) is 5.97 Å². The van der Waals surface area contributed by atoms with E-state index in [4.69, 9.17) is 4.74 Å². The van der Waals surface area contributed by atoms with E-state index in [0.717, 1.165) is 61.7 Å². The van der Waals surface area contributed by atoms with Crippen LogP contribution in [-0.2, 0) is 14.3 Å². The molecule has 2 aliphatic carbocycles. The Labute approximate surface area is 114 Å². The average molecular weight is 260 g/mol. The molecule has 0 saturated carbocycles. The molecule has 2 rings (SSSR count). The zero-order valence-electron chi connectivity index (χ0n) is 11.4. The van der Waals surface area contributed by atoms with Gasteiger partial charge in [0.15, 0.2) is 0 Å². The van der Waals surface area contributed by atoms with Gasteiger partial charge in [0.2, 0.25) is 0 Å². The van der Waals surface area contributed by atoms with Gasteiger partial charge in [-0.3, -0.25) is 0 Å². The molecule has 0 saturated heterocycles. The van der Waals surface area contributed by atoms with Crippen molar-refractivity contribution in [2.24, 2.45) is 0 Å². The van der Waals surface area contributed by atoms with E-state index in [1.807, 2.05) is 6.08 Å². The molecule has 0 aromatic rings. The second-order valence-electron chi connectivity index (χ2n) is 5.05. The highest BCUT2D eigenvalue weighted by molar-refractivity contribution is 5.91. The molecule has 0 amide bonds. The van der Waals surface area contributed by atoms with Crippen LogP contribution in [0.4, 0.5) is 0 Å². The van der Waals surface area contributed by atoms with Crippen molar-refractivity contribution >= 4 is 12.3 Å². The lowest BCUT2D eigenvalue weighted by Gasteiger charge is -2.11. The minimum atomic E-state index is -0.308. The van der Waals surface area contributed by atoms with Gasteiger partial charge in [-0.15, -0.1) is 0 Å². The molecule has 0 aromatic carbocycles. The van der Waals surface area contributed by atoms with Gasteiger partial charge in [0.1, 0.15) is 12.0 Å². The van der Waals surface area contributed by atoms with Gasteiger partial charge in [-0.2, -0.15) is 0 Å². The van der Waals surface area contributed by atoms with E-state index < -0.39 is 0 Å². The summed E-state index contributed by atoms with van der Waals surface area (Å²) in [5.74, 6) is 0.466. The van der Waals surface area contributed by atoms with Gasteiger partial charge >= 0.3 is 5.97 Å². The molecule has 0 heterocycles. The summed E-state index contributed by atoms with van der Waals surface area (Å²) in [6, 6.07) is 0. The first-order valence-corrected chi connectivity index (χ1v) is 6.96. The van der Waals surface area contributed by atoms with Crippen molar-refractivity contribution in [3.63, 3.8) is 0 Å². The number of carbonyl (C=O) groups excluding carboxylic acids is 2. The summed E-state index contributed by atoms with van der Waals surface area (Å²) in [6.45, 7) is 1.76. The first-order valence-electron chi connectivity index (χ1n) is 6.96. The summed E-state index contributed by atoms with van der Waals surface area (Å²) in [5, 5.41) is 0. The first kappa shape index (κ1) is 13.8. The molecule has 0 fully saturated rings. The Morgan fingerprint density at radius 3 is 2.58 bits per heavy atom. The van der Waals surface area contributed by atoms with Gasteiger partial charge < -0.3 is 9.53 Å². The summed E-state index contributed by atoms with van der Waals surface area (Å²) < 4.78 is 5.38. The summed E-state index contributed by atoms with van der Waals surface area (Å²) in [5.41, 5.74) is 2.58. The Hall–Kier alpha value is -1.64. The van der Waals surface area contributed by atoms with Crippen LogP contribution in [0.15, 0.2) is 34.6 Å². The monoisotopic (exact) mass is 260 g/mol. The fourth-order valence-corrected chi connectivity index (χ4v) is 2.61. The van der Waals surface area contributed by atoms with Gasteiger partial charge in [-0.05, 0) is 56.3 Å². The highest BCUT2D eigenvalue weighted by atomic mass is 16.5. The number of hydrogen-bond donors (Lipinski definition) is 0. The number of rotatable bonds is 5. The van der Waals surface area contributed by atoms with Gasteiger partial charge in [0, 0.05) is 18.4 Å². The van der Waals surface area contributed by atoms with Crippen LogP contribution in [0, 0.1) is 0 Å². The third kappa shape index (κ3) is 3.43. The maximum absolute atomic E-state index is 12.1. The molecule has 0 N–H and O–H groups in total. The highest BCUT2D eigenvalue weighted by Gasteiger charge is 2.19. The Balaban J connectivity index is 2.14. The van der Waals surface area contributed by atoms with Crippen LogP contribution in [0.1, 0.15) is 51.9 Å². The zero-order chi connectivity index (χ0) is 13.7. The molecule has 0 radical (unpaired) electrons. The minimum absolute atomic E-state index is 0.297. The number of carbonyl (C=O) groups is 2. The topological polar surface area (TPSA) is 43.4 Å². The largest absolute Gasteiger partial charge is 0.428 e. The zero-order valence-corrected chi connectivity index (χ0v) is 11.4. The van der Waals surface area contributed by atoms with E-state index in [1.165, 1.54) is 0 Å². The van der Waals surface area contributed by atoms with E-state index >= 15 is 0 Å². The van der Waals surface area contributed by atoms with Crippen molar-refractivity contribution in [3.05, 3.63) is 34.6 Å². The van der Waals surface area contributed by atoms with Crippen molar-refractivity contribution < 1.29 is 14.3 Å². The Morgan fingerprint density at radius 2 is 2.00 bits per heavy atom. The van der Waals surface area contributed by atoms with Crippen LogP contribution in [0.2, 0.25) is 0 Å². The molecule has 0 unspecified atom stereocenters. The predicted molar refractivity (Wildman–Crippen MR) is 73.3 cm³/mol. The van der Waals surface area contributed by atoms with E-state index in [2.05, 4.69) is 6.08 Å². The number of hydrogen-bond acceptors (Lipinski definition) is 3. The van der Waals surface area contributed by atoms with Crippen LogP contribution < -0.4 is 0 Å². The van der Waals surface area contributed by atoms with Crippen LogP contribution in [-0.4, -0.2) is 12.3 Å². The van der Waals surface area contributed by atoms with E-state index in [1.54, 1.807) is 6.92 Å². The first-order chi connectivity index (χ1) is 9.22. The molecule has 0 spiro atoms. The smallest absolute Gasteiger partial charge is 0.339 e. The number of aldehydes is 1. The van der Waals surface area contributed by atoms with Crippen molar-refractivity contribution in [1.82, 2.24) is 0 Å². The maximum Gasteiger partial charge on any atom is 0.339 e. The van der Waals surface area contributed by atoms with Gasteiger partial charge in [0.05, 0.1) is 0 Å². The van der Waals surface area contributed by atoms with Crippen LogP contribution in [0.3, 0.4) is 0 Å². The molecule has 102 valence electrons. The highest BCUT2D eigenvalue weighted by Crippen LogP contribution is 2.29. The van der Waals surface area contributed by atoms with Crippen molar-refractivity contribution in [1.29, 1.82) is 0 Å². The quantitative estimate of drug-likeness (QED) is 0.431. The lowest BCUT2D eigenvalue weighted by atomic mass is 9.97. The van der Waals surface area contributed by atoms with E-state index in [9.17, 15) is 9.59 Å². The summed E-state index contributed by atoms with van der Waals surface area (Å²) in [6.07, 6.45) is 11.2. The maximum atomic E-state index is 12.1. The van der Waals surface area contributed by atoms with Crippen LogP contribution >= 0.6 is 0 Å². The van der Waals surface area contributed by atoms with Crippen molar-refractivity contribution in [2.45, 2.75) is 51.9 Å². The standard InChI is InChI=1S/C16H20O3/c1-12(16(18)19-14-8-4-5-9-14)15(10-11-17)13-6-2-3-7-13/h6,8,11H,2-5,7,9-10H2,1H3. The molecule has 0 atom stereocenters. The molecular weight excluding hydrogens is 240 g/mol. The fraction of sp³-hybridized carbons (Fsp3) is 0.500. The molecule has 2 aliphatic rings. The third-order valence-electron chi connectivity index (χ3n) is 3.70. The third-order valence-corrected chi connectivity index (χ3v) is 3.70. The molecule has 0 aliphatic heterocycles. The number of esters is 1. The van der Waals surface area contributed by atoms with E-state index in [0.29, 0.717) is 12.0 Å². The molecule has 3 nitrogen and oxygen atoms in total. The van der Waals surface area contributed by atoms with Crippen LogP contribution in [0.25, 0.3) is 0 Å². The Bertz CT molecular complexity index is 466. The van der Waals surface area contributed by atoms with Crippen molar-refractivity contribution in [2.75, 3.05) is 0 Å². The second kappa shape index (κ2) is 6.50. The number of allylic oxidation sites excluding steroid dienone is 5. The van der Waals surface area contributed by atoms with Gasteiger partial charge in [-0.1, -0.05) is 6.08 Å². The minimum Gasteiger partial charge on any atom is -0.428 e. The predicted octanol–water partition coefficient (Wildman–Crippen LogP) is 3.61. The van der Waals surface area contributed by atoms with Crippen LogP contribution in [0.5, 0.6) is 0 Å². The SMILES string of the molecule is CC(C(=O)OC1=CCCC1)=C(CC=O)C1=CCCC1. The second-order valence-corrected chi connectivity index (χ2v) is 5.05. The Kier molecular flexibility index (Phi) is 4.72. The summed E-state index contributed by atoms with van der Waals surface area (Å²) >= 11 is 0. The molecule has 0 aromatic heterocycles. The molecule has 0 bridgehead atoms. The van der Waals surface area contributed by atoms with Gasteiger partial charge in [-0.25, -0.2) is 4.79 Å².